The lowest BCUT2D eigenvalue weighted by atomic mass is 9.81. The molecule has 4 rings (SSSR count). The second kappa shape index (κ2) is 12.0. The maximum absolute atomic E-state index is 11.0. The van der Waals surface area contributed by atoms with E-state index in [1.807, 2.05) is 42.7 Å². The highest BCUT2D eigenvalue weighted by atomic mass is 16.3. The van der Waals surface area contributed by atoms with Gasteiger partial charge in [0.15, 0.2) is 0 Å². The Hall–Kier alpha value is -4.06. The molecule has 1 aliphatic heterocycles. The van der Waals surface area contributed by atoms with Crippen LogP contribution in [0.2, 0.25) is 0 Å². The van der Waals surface area contributed by atoms with E-state index in [2.05, 4.69) is 73.6 Å². The fourth-order valence-electron chi connectivity index (χ4n) is 4.76. The van der Waals surface area contributed by atoms with Crippen molar-refractivity contribution in [3.8, 4) is 22.6 Å². The van der Waals surface area contributed by atoms with Gasteiger partial charge in [-0.25, -0.2) is 0 Å². The van der Waals surface area contributed by atoms with Crippen molar-refractivity contribution in [1.29, 1.82) is 0 Å². The summed E-state index contributed by atoms with van der Waals surface area (Å²) in [5.41, 5.74) is 5.89. The molecule has 1 atom stereocenters. The van der Waals surface area contributed by atoms with Crippen LogP contribution < -0.4 is 0 Å². The fourth-order valence-corrected chi connectivity index (χ4v) is 4.76. The highest BCUT2D eigenvalue weighted by molar-refractivity contribution is 5.88. The van der Waals surface area contributed by atoms with Crippen molar-refractivity contribution < 1.29 is 10.2 Å². The van der Waals surface area contributed by atoms with Crippen LogP contribution in [0, 0.1) is 0 Å². The molecule has 0 spiro atoms. The lowest BCUT2D eigenvalue weighted by Gasteiger charge is -2.24. The Morgan fingerprint density at radius 1 is 0.800 bits per heavy atom. The molecule has 208 valence electrons. The third kappa shape index (κ3) is 6.92. The van der Waals surface area contributed by atoms with Crippen LogP contribution in [-0.2, 0) is 10.8 Å². The molecular weight excluding hydrogens is 496 g/mol. The molecule has 0 radical (unpaired) electrons. The highest BCUT2D eigenvalue weighted by Crippen LogP contribution is 2.38. The molecular formula is C34H40N4O2. The van der Waals surface area contributed by atoms with E-state index >= 15 is 0 Å². The predicted octanol–water partition coefficient (Wildman–Crippen LogP) is 7.36. The van der Waals surface area contributed by atoms with Crippen LogP contribution in [-0.4, -0.2) is 46.9 Å². The Kier molecular flexibility index (Phi) is 8.67. The smallest absolute Gasteiger partial charge is 0.128 e. The predicted molar refractivity (Wildman–Crippen MR) is 167 cm³/mol. The number of pyridine rings is 1. The van der Waals surface area contributed by atoms with Crippen LogP contribution in [0.5, 0.6) is 11.5 Å². The van der Waals surface area contributed by atoms with Gasteiger partial charge in [-0.2, -0.15) is 0 Å². The first kappa shape index (κ1) is 28.9. The van der Waals surface area contributed by atoms with E-state index in [0.717, 1.165) is 34.2 Å². The quantitative estimate of drug-likeness (QED) is 0.244. The fraction of sp³-hybridized carbons (Fsp3) is 0.353. The summed E-state index contributed by atoms with van der Waals surface area (Å²) in [6, 6.07) is 12.0. The molecule has 3 aromatic rings. The summed E-state index contributed by atoms with van der Waals surface area (Å²) in [4.78, 5) is 17.5. The molecule has 0 saturated heterocycles. The normalized spacial score (nSPS) is 15.9. The van der Waals surface area contributed by atoms with Crippen molar-refractivity contribution in [2.24, 2.45) is 15.0 Å². The summed E-state index contributed by atoms with van der Waals surface area (Å²) in [6.45, 7) is 13.5. The van der Waals surface area contributed by atoms with E-state index in [0.29, 0.717) is 24.2 Å². The van der Waals surface area contributed by atoms with Gasteiger partial charge < -0.3 is 10.2 Å². The zero-order valence-corrected chi connectivity index (χ0v) is 24.4. The monoisotopic (exact) mass is 536 g/mol. The van der Waals surface area contributed by atoms with E-state index in [9.17, 15) is 10.2 Å². The summed E-state index contributed by atoms with van der Waals surface area (Å²) >= 11 is 0. The summed E-state index contributed by atoms with van der Waals surface area (Å²) in [5, 5.41) is 22.1. The standard InChI is InChI=1S/C34H40N4O2/c1-33(2,3)29-19-25(23-7-11-35-12-8-23)17-27(31(29)39)21-37-15-16-38-22-28-18-26(24-9-13-36-14-10-24)20-30(32(28)40)34(4,5)6/h7-9,11-14,17-22,24,39-40H,10,15-16H2,1-6H3. The maximum Gasteiger partial charge on any atom is 0.128 e. The van der Waals surface area contributed by atoms with Crippen molar-refractivity contribution in [1.82, 2.24) is 4.98 Å². The number of nitrogens with zero attached hydrogens (tertiary/aromatic N) is 4. The van der Waals surface area contributed by atoms with E-state index in [-0.39, 0.29) is 28.2 Å². The number of allylic oxidation sites excluding steroid dienone is 1. The Morgan fingerprint density at radius 2 is 1.38 bits per heavy atom. The molecule has 1 aromatic heterocycles. The number of benzene rings is 2. The number of hydrogen-bond acceptors (Lipinski definition) is 6. The van der Waals surface area contributed by atoms with Crippen molar-refractivity contribution >= 4 is 18.6 Å². The Balaban J connectivity index is 1.53. The minimum atomic E-state index is -0.233. The van der Waals surface area contributed by atoms with Gasteiger partial charge in [0.2, 0.25) is 0 Å². The van der Waals surface area contributed by atoms with Gasteiger partial charge in [-0.3, -0.25) is 20.0 Å². The van der Waals surface area contributed by atoms with Crippen molar-refractivity contribution in [2.45, 2.75) is 64.7 Å². The molecule has 2 heterocycles. The van der Waals surface area contributed by atoms with Crippen LogP contribution in [0.15, 0.2) is 76.0 Å². The maximum atomic E-state index is 11.0. The number of rotatable bonds is 7. The van der Waals surface area contributed by atoms with E-state index in [4.69, 9.17) is 0 Å². The topological polar surface area (TPSA) is 90.4 Å². The molecule has 1 unspecified atom stereocenters. The molecule has 2 aromatic carbocycles. The third-order valence-electron chi connectivity index (χ3n) is 7.05. The highest BCUT2D eigenvalue weighted by Gasteiger charge is 2.23. The van der Waals surface area contributed by atoms with Gasteiger partial charge in [-0.05, 0) is 64.3 Å². The van der Waals surface area contributed by atoms with E-state index < -0.39 is 0 Å². The van der Waals surface area contributed by atoms with Gasteiger partial charge >= 0.3 is 0 Å². The first-order valence-electron chi connectivity index (χ1n) is 13.8. The largest absolute Gasteiger partial charge is 0.507 e. The Labute approximate surface area is 238 Å². The van der Waals surface area contributed by atoms with E-state index in [1.54, 1.807) is 24.8 Å². The zero-order chi connectivity index (χ0) is 28.9. The second-order valence-corrected chi connectivity index (χ2v) is 12.3. The van der Waals surface area contributed by atoms with Crippen molar-refractivity contribution in [3.63, 3.8) is 0 Å². The Morgan fingerprint density at radius 3 is 1.93 bits per heavy atom. The van der Waals surface area contributed by atoms with Gasteiger partial charge in [0.1, 0.15) is 11.5 Å². The van der Waals surface area contributed by atoms with Gasteiger partial charge in [-0.1, -0.05) is 53.7 Å². The molecule has 40 heavy (non-hydrogen) atoms. The SMILES string of the molecule is CC(C)(C)c1cc(-c2ccncc2)cc(C=NCCN=Cc2cc(C3C=CN=CC3)cc(C(C)(C)C)c2O)c1O. The summed E-state index contributed by atoms with van der Waals surface area (Å²) in [7, 11) is 0. The van der Waals surface area contributed by atoms with Gasteiger partial charge in [0.25, 0.3) is 0 Å². The lowest BCUT2D eigenvalue weighted by molar-refractivity contribution is 0.445. The Bertz CT molecular complexity index is 1460. The first-order chi connectivity index (χ1) is 18.9. The second-order valence-electron chi connectivity index (χ2n) is 12.3. The molecule has 6 nitrogen and oxygen atoms in total. The minimum Gasteiger partial charge on any atom is -0.507 e. The molecule has 0 amide bonds. The molecule has 0 saturated carbocycles. The average molecular weight is 537 g/mol. The molecule has 1 aliphatic rings. The molecule has 2 N–H and O–H groups in total. The van der Waals surface area contributed by atoms with Crippen LogP contribution >= 0.6 is 0 Å². The van der Waals surface area contributed by atoms with Gasteiger partial charge in [-0.15, -0.1) is 0 Å². The molecule has 6 heteroatoms. The van der Waals surface area contributed by atoms with Crippen molar-refractivity contribution in [2.75, 3.05) is 13.1 Å². The summed E-state index contributed by atoms with van der Waals surface area (Å²) in [5.74, 6) is 0.741. The number of hydrogen-bond donors (Lipinski definition) is 2. The first-order valence-corrected chi connectivity index (χ1v) is 13.8. The number of aromatic nitrogens is 1. The van der Waals surface area contributed by atoms with Crippen LogP contribution in [0.3, 0.4) is 0 Å². The summed E-state index contributed by atoms with van der Waals surface area (Å²) in [6.07, 6.45) is 13.7. The van der Waals surface area contributed by atoms with Crippen molar-refractivity contribution in [3.05, 3.63) is 88.9 Å². The lowest BCUT2D eigenvalue weighted by Crippen LogP contribution is -2.14. The van der Waals surface area contributed by atoms with Crippen LogP contribution in [0.25, 0.3) is 11.1 Å². The zero-order valence-electron chi connectivity index (χ0n) is 24.4. The van der Waals surface area contributed by atoms with E-state index in [1.165, 1.54) is 0 Å². The number of aromatic hydroxyl groups is 2. The van der Waals surface area contributed by atoms with Gasteiger partial charge in [0, 0.05) is 65.4 Å². The number of phenols is 2. The third-order valence-corrected chi connectivity index (χ3v) is 7.05. The molecule has 0 bridgehead atoms. The van der Waals surface area contributed by atoms with Gasteiger partial charge in [0.05, 0.1) is 13.1 Å². The average Bonchev–Trinajstić information content (AvgIpc) is 2.92. The molecule has 0 fully saturated rings. The summed E-state index contributed by atoms with van der Waals surface area (Å²) < 4.78 is 0. The molecule has 0 aliphatic carbocycles. The minimum absolute atomic E-state index is 0.210. The van der Waals surface area contributed by atoms with Crippen LogP contribution in [0.1, 0.15) is 81.7 Å². The number of phenolic OH excluding ortho intramolecular Hbond substituents is 2. The van der Waals surface area contributed by atoms with Crippen LogP contribution in [0.4, 0.5) is 0 Å². The number of aliphatic imine (C=N–C) groups is 3.